The molecule has 3 rings (SSSR count). The number of hydrogen-bond donors (Lipinski definition) is 3. The van der Waals surface area contributed by atoms with E-state index in [1.165, 1.54) is 6.07 Å². The van der Waals surface area contributed by atoms with Crippen LogP contribution in [0.3, 0.4) is 0 Å². The first-order valence-electron chi connectivity index (χ1n) is 5.85. The standard InChI is InChI=1S/C15H10O5.Na/c16-9-6-10(17)12-11(7-9)20-15(14(19)13(12)18)8-4-2-1-3-5-8;/h1-7,16-17,19H;/q;+1. The Labute approximate surface area is 141 Å². The van der Waals surface area contributed by atoms with Crippen molar-refractivity contribution >= 4 is 11.0 Å². The van der Waals surface area contributed by atoms with Gasteiger partial charge >= 0.3 is 29.6 Å². The Morgan fingerprint density at radius 3 is 2.29 bits per heavy atom. The van der Waals surface area contributed by atoms with Crippen LogP contribution in [0.4, 0.5) is 0 Å². The van der Waals surface area contributed by atoms with Gasteiger partial charge in [-0.25, -0.2) is 0 Å². The van der Waals surface area contributed by atoms with Crippen LogP contribution in [0, 0.1) is 0 Å². The second-order valence-electron chi connectivity index (χ2n) is 4.31. The van der Waals surface area contributed by atoms with E-state index in [-0.39, 0.29) is 52.0 Å². The summed E-state index contributed by atoms with van der Waals surface area (Å²) in [6.07, 6.45) is 0. The van der Waals surface area contributed by atoms with Gasteiger partial charge in [0.1, 0.15) is 22.5 Å². The molecule has 0 atom stereocenters. The topological polar surface area (TPSA) is 90.9 Å². The molecule has 0 aliphatic rings. The van der Waals surface area contributed by atoms with Crippen LogP contribution in [0.15, 0.2) is 51.7 Å². The van der Waals surface area contributed by atoms with Gasteiger partial charge in [0, 0.05) is 17.7 Å². The summed E-state index contributed by atoms with van der Waals surface area (Å²) in [5, 5.41) is 28.9. The van der Waals surface area contributed by atoms with E-state index in [0.717, 1.165) is 6.07 Å². The molecule has 0 fully saturated rings. The quantitative estimate of drug-likeness (QED) is 0.530. The smallest absolute Gasteiger partial charge is 0.508 e. The second-order valence-corrected chi connectivity index (χ2v) is 4.31. The van der Waals surface area contributed by atoms with Gasteiger partial charge < -0.3 is 19.7 Å². The number of aromatic hydroxyl groups is 3. The van der Waals surface area contributed by atoms with Crippen LogP contribution in [-0.2, 0) is 0 Å². The van der Waals surface area contributed by atoms with Gasteiger partial charge in [-0.05, 0) is 0 Å². The zero-order chi connectivity index (χ0) is 14.3. The Morgan fingerprint density at radius 1 is 0.952 bits per heavy atom. The van der Waals surface area contributed by atoms with E-state index in [2.05, 4.69) is 0 Å². The number of benzene rings is 2. The van der Waals surface area contributed by atoms with E-state index in [1.807, 2.05) is 0 Å². The maximum Gasteiger partial charge on any atom is 1.00 e. The van der Waals surface area contributed by atoms with Crippen molar-refractivity contribution in [2.24, 2.45) is 0 Å². The molecule has 5 nitrogen and oxygen atoms in total. The van der Waals surface area contributed by atoms with Gasteiger partial charge in [0.2, 0.25) is 11.2 Å². The second kappa shape index (κ2) is 5.81. The number of fused-ring (bicyclic) bond motifs is 1. The first-order valence-corrected chi connectivity index (χ1v) is 5.85. The van der Waals surface area contributed by atoms with Crippen LogP contribution in [0.25, 0.3) is 22.3 Å². The summed E-state index contributed by atoms with van der Waals surface area (Å²) in [5.74, 6) is -1.26. The van der Waals surface area contributed by atoms with E-state index in [4.69, 9.17) is 4.42 Å². The van der Waals surface area contributed by atoms with Gasteiger partial charge in [0.05, 0.1) is 0 Å². The summed E-state index contributed by atoms with van der Waals surface area (Å²) in [6.45, 7) is 0. The molecule has 3 aromatic rings. The summed E-state index contributed by atoms with van der Waals surface area (Å²) in [6, 6.07) is 10.8. The Balaban J connectivity index is 0.00000161. The molecule has 6 heteroatoms. The van der Waals surface area contributed by atoms with E-state index >= 15 is 0 Å². The van der Waals surface area contributed by atoms with E-state index < -0.39 is 16.9 Å². The predicted molar refractivity (Wildman–Crippen MR) is 72.9 cm³/mol. The first-order chi connectivity index (χ1) is 9.58. The normalized spacial score (nSPS) is 10.3. The van der Waals surface area contributed by atoms with E-state index in [1.54, 1.807) is 30.3 Å². The Hall–Kier alpha value is -1.95. The summed E-state index contributed by atoms with van der Waals surface area (Å²) in [7, 11) is 0. The van der Waals surface area contributed by atoms with Gasteiger partial charge in [-0.3, -0.25) is 4.79 Å². The zero-order valence-corrected chi connectivity index (χ0v) is 13.2. The molecule has 1 aromatic heterocycles. The molecular formula is C15H10NaO5+. The van der Waals surface area contributed by atoms with Gasteiger partial charge in [-0.1, -0.05) is 30.3 Å². The fraction of sp³-hybridized carbons (Fsp3) is 0. The monoisotopic (exact) mass is 293 g/mol. The average molecular weight is 293 g/mol. The fourth-order valence-electron chi connectivity index (χ4n) is 2.06. The molecule has 2 aromatic carbocycles. The van der Waals surface area contributed by atoms with Crippen molar-refractivity contribution in [2.75, 3.05) is 0 Å². The fourth-order valence-corrected chi connectivity index (χ4v) is 2.06. The van der Waals surface area contributed by atoms with Crippen LogP contribution in [0.2, 0.25) is 0 Å². The molecule has 0 radical (unpaired) electrons. The predicted octanol–water partition coefficient (Wildman–Crippen LogP) is -0.419. The third-order valence-electron chi connectivity index (χ3n) is 2.97. The van der Waals surface area contributed by atoms with Gasteiger partial charge in [-0.2, -0.15) is 0 Å². The molecule has 21 heavy (non-hydrogen) atoms. The van der Waals surface area contributed by atoms with Gasteiger partial charge in [-0.15, -0.1) is 0 Å². The maximum absolute atomic E-state index is 12.1. The van der Waals surface area contributed by atoms with Crippen molar-refractivity contribution in [3.8, 4) is 28.6 Å². The Kier molecular flexibility index (Phi) is 4.27. The van der Waals surface area contributed by atoms with E-state index in [9.17, 15) is 20.1 Å². The van der Waals surface area contributed by atoms with Crippen molar-refractivity contribution in [1.82, 2.24) is 0 Å². The molecule has 0 saturated carbocycles. The van der Waals surface area contributed by atoms with Crippen molar-refractivity contribution in [3.63, 3.8) is 0 Å². The van der Waals surface area contributed by atoms with Gasteiger partial charge in [0.25, 0.3) is 0 Å². The number of hydrogen-bond acceptors (Lipinski definition) is 5. The third-order valence-corrected chi connectivity index (χ3v) is 2.97. The summed E-state index contributed by atoms with van der Waals surface area (Å²) >= 11 is 0. The van der Waals surface area contributed by atoms with Crippen LogP contribution in [0.5, 0.6) is 17.2 Å². The average Bonchev–Trinajstić information content (AvgIpc) is 2.43. The molecular weight excluding hydrogens is 283 g/mol. The van der Waals surface area contributed by atoms with Crippen LogP contribution < -0.4 is 35.0 Å². The Bertz CT molecular complexity index is 855. The number of rotatable bonds is 1. The first kappa shape index (κ1) is 15.4. The van der Waals surface area contributed by atoms with E-state index in [0.29, 0.717) is 5.56 Å². The van der Waals surface area contributed by atoms with Crippen molar-refractivity contribution in [1.29, 1.82) is 0 Å². The minimum Gasteiger partial charge on any atom is -0.508 e. The number of phenols is 2. The number of phenolic OH excluding ortho intramolecular Hbond substituents is 2. The molecule has 0 saturated heterocycles. The molecule has 3 N–H and O–H groups in total. The van der Waals surface area contributed by atoms with Crippen LogP contribution >= 0.6 is 0 Å². The van der Waals surface area contributed by atoms with Crippen LogP contribution in [0.1, 0.15) is 0 Å². The molecule has 0 bridgehead atoms. The Morgan fingerprint density at radius 2 is 1.62 bits per heavy atom. The maximum atomic E-state index is 12.1. The molecule has 0 aliphatic carbocycles. The molecule has 0 amide bonds. The molecule has 0 unspecified atom stereocenters. The third kappa shape index (κ3) is 2.63. The molecule has 0 spiro atoms. The molecule has 1 heterocycles. The van der Waals surface area contributed by atoms with Crippen LogP contribution in [-0.4, -0.2) is 15.3 Å². The summed E-state index contributed by atoms with van der Waals surface area (Å²) in [4.78, 5) is 12.1. The largest absolute Gasteiger partial charge is 1.00 e. The molecule has 0 aliphatic heterocycles. The minimum absolute atomic E-state index is 0. The van der Waals surface area contributed by atoms with Crippen molar-refractivity contribution < 1.29 is 49.3 Å². The molecule has 100 valence electrons. The summed E-state index contributed by atoms with van der Waals surface area (Å²) in [5.41, 5.74) is -0.224. The van der Waals surface area contributed by atoms with Gasteiger partial charge in [0.15, 0.2) is 5.76 Å². The van der Waals surface area contributed by atoms with Crippen molar-refractivity contribution in [3.05, 3.63) is 52.7 Å². The summed E-state index contributed by atoms with van der Waals surface area (Å²) < 4.78 is 5.45. The SMILES string of the molecule is O=c1c(O)c(-c2ccccc2)oc2cc(O)cc(O)c12.[Na+]. The zero-order valence-electron chi connectivity index (χ0n) is 11.2. The minimum atomic E-state index is -0.748. The van der Waals surface area contributed by atoms with Crippen molar-refractivity contribution in [2.45, 2.75) is 0 Å².